The van der Waals surface area contributed by atoms with Gasteiger partial charge in [-0.1, -0.05) is 13.8 Å². The Morgan fingerprint density at radius 1 is 1.69 bits per heavy atom. The Balaban J connectivity index is 2.10. The van der Waals surface area contributed by atoms with E-state index in [1.807, 2.05) is 0 Å². The van der Waals surface area contributed by atoms with Crippen molar-refractivity contribution in [1.82, 2.24) is 10.6 Å². The normalized spacial score (nSPS) is 22.2. The Morgan fingerprint density at radius 3 is 3.00 bits per heavy atom. The number of carbonyl (C=O) groups excluding carboxylic acids is 1. The SMILES string of the molecule is CC(C)CCNC(=O)[C@H]1CSCN1. The van der Waals surface area contributed by atoms with E-state index in [9.17, 15) is 4.79 Å². The van der Waals surface area contributed by atoms with Gasteiger partial charge in [-0.3, -0.25) is 10.1 Å². The monoisotopic (exact) mass is 202 g/mol. The topological polar surface area (TPSA) is 41.1 Å². The molecule has 76 valence electrons. The molecule has 1 amide bonds. The largest absolute Gasteiger partial charge is 0.355 e. The second kappa shape index (κ2) is 5.50. The van der Waals surface area contributed by atoms with Crippen LogP contribution in [0.2, 0.25) is 0 Å². The van der Waals surface area contributed by atoms with Crippen molar-refractivity contribution in [2.75, 3.05) is 18.2 Å². The summed E-state index contributed by atoms with van der Waals surface area (Å²) < 4.78 is 0. The summed E-state index contributed by atoms with van der Waals surface area (Å²) in [5.74, 6) is 2.63. The third kappa shape index (κ3) is 4.00. The minimum Gasteiger partial charge on any atom is -0.355 e. The van der Waals surface area contributed by atoms with Crippen molar-refractivity contribution in [1.29, 1.82) is 0 Å². The third-order valence-corrected chi connectivity index (χ3v) is 2.99. The zero-order valence-corrected chi connectivity index (χ0v) is 9.12. The predicted molar refractivity (Wildman–Crippen MR) is 56.7 cm³/mol. The summed E-state index contributed by atoms with van der Waals surface area (Å²) in [6, 6.07) is 0.0390. The number of hydrogen-bond acceptors (Lipinski definition) is 3. The molecule has 0 aromatic carbocycles. The molecule has 0 aliphatic carbocycles. The van der Waals surface area contributed by atoms with Gasteiger partial charge in [-0.15, -0.1) is 11.8 Å². The molecular weight excluding hydrogens is 184 g/mol. The van der Waals surface area contributed by atoms with Gasteiger partial charge >= 0.3 is 0 Å². The molecule has 1 heterocycles. The molecule has 0 radical (unpaired) electrons. The summed E-state index contributed by atoms with van der Waals surface area (Å²) in [6.07, 6.45) is 1.06. The van der Waals surface area contributed by atoms with Gasteiger partial charge in [0, 0.05) is 18.2 Å². The van der Waals surface area contributed by atoms with Crippen LogP contribution in [0.3, 0.4) is 0 Å². The van der Waals surface area contributed by atoms with Crippen molar-refractivity contribution in [3.05, 3.63) is 0 Å². The smallest absolute Gasteiger partial charge is 0.238 e. The molecule has 0 saturated carbocycles. The van der Waals surface area contributed by atoms with Gasteiger partial charge in [0.25, 0.3) is 0 Å². The van der Waals surface area contributed by atoms with Crippen molar-refractivity contribution in [2.24, 2.45) is 5.92 Å². The molecule has 1 aliphatic rings. The summed E-state index contributed by atoms with van der Waals surface area (Å²) in [4.78, 5) is 11.4. The standard InChI is InChI=1S/C9H18N2OS/c1-7(2)3-4-10-9(12)8-5-13-6-11-8/h7-8,11H,3-6H2,1-2H3,(H,10,12)/t8-/m1/s1. The van der Waals surface area contributed by atoms with Crippen LogP contribution in [0.15, 0.2) is 0 Å². The Bertz CT molecular complexity index is 167. The van der Waals surface area contributed by atoms with Gasteiger partial charge in [0.2, 0.25) is 5.91 Å². The van der Waals surface area contributed by atoms with Crippen molar-refractivity contribution >= 4 is 17.7 Å². The summed E-state index contributed by atoms with van der Waals surface area (Å²) in [5.41, 5.74) is 0. The fourth-order valence-corrected chi connectivity index (χ4v) is 2.11. The average Bonchev–Trinajstić information content (AvgIpc) is 2.55. The van der Waals surface area contributed by atoms with Crippen molar-refractivity contribution in [2.45, 2.75) is 26.3 Å². The molecule has 1 fully saturated rings. The number of nitrogens with one attached hydrogen (secondary N) is 2. The zero-order valence-electron chi connectivity index (χ0n) is 8.30. The van der Waals surface area contributed by atoms with Gasteiger partial charge in [0.05, 0.1) is 6.04 Å². The molecule has 1 rings (SSSR count). The van der Waals surface area contributed by atoms with Crippen molar-refractivity contribution < 1.29 is 4.79 Å². The van der Waals surface area contributed by atoms with Crippen molar-refractivity contribution in [3.8, 4) is 0 Å². The highest BCUT2D eigenvalue weighted by atomic mass is 32.2. The molecule has 1 aliphatic heterocycles. The van der Waals surface area contributed by atoms with Crippen LogP contribution in [0, 0.1) is 5.92 Å². The number of rotatable bonds is 4. The minimum atomic E-state index is 0.0390. The Kier molecular flexibility index (Phi) is 4.59. The Hall–Kier alpha value is -0.220. The fraction of sp³-hybridized carbons (Fsp3) is 0.889. The van der Waals surface area contributed by atoms with E-state index in [-0.39, 0.29) is 11.9 Å². The van der Waals surface area contributed by atoms with Crippen molar-refractivity contribution in [3.63, 3.8) is 0 Å². The molecular formula is C9H18N2OS. The quantitative estimate of drug-likeness (QED) is 0.709. The molecule has 0 spiro atoms. The summed E-state index contributed by atoms with van der Waals surface area (Å²) in [7, 11) is 0. The van der Waals surface area contributed by atoms with Crippen LogP contribution in [0.1, 0.15) is 20.3 Å². The average molecular weight is 202 g/mol. The first-order valence-corrected chi connectivity index (χ1v) is 5.94. The maximum absolute atomic E-state index is 11.4. The number of thioether (sulfide) groups is 1. The zero-order chi connectivity index (χ0) is 9.68. The van der Waals surface area contributed by atoms with Crippen LogP contribution in [0.25, 0.3) is 0 Å². The van der Waals surface area contributed by atoms with Crippen LogP contribution in [0.4, 0.5) is 0 Å². The molecule has 3 nitrogen and oxygen atoms in total. The molecule has 1 saturated heterocycles. The fourth-order valence-electron chi connectivity index (χ4n) is 1.17. The molecule has 0 aromatic heterocycles. The highest BCUT2D eigenvalue weighted by molar-refractivity contribution is 7.99. The number of hydrogen-bond donors (Lipinski definition) is 2. The van der Waals surface area contributed by atoms with E-state index in [1.54, 1.807) is 11.8 Å². The van der Waals surface area contributed by atoms with E-state index in [4.69, 9.17) is 0 Å². The van der Waals surface area contributed by atoms with E-state index < -0.39 is 0 Å². The van der Waals surface area contributed by atoms with E-state index in [1.165, 1.54) is 0 Å². The molecule has 0 unspecified atom stereocenters. The number of carbonyl (C=O) groups is 1. The van der Waals surface area contributed by atoms with Crippen LogP contribution in [-0.2, 0) is 4.79 Å². The minimum absolute atomic E-state index is 0.0390. The van der Waals surface area contributed by atoms with E-state index in [0.717, 1.165) is 24.6 Å². The van der Waals surface area contributed by atoms with Crippen LogP contribution in [-0.4, -0.2) is 30.1 Å². The van der Waals surface area contributed by atoms with E-state index >= 15 is 0 Å². The van der Waals surface area contributed by atoms with Gasteiger partial charge in [-0.05, 0) is 12.3 Å². The summed E-state index contributed by atoms with van der Waals surface area (Å²) in [6.45, 7) is 5.13. The molecule has 0 aromatic rings. The molecule has 4 heteroatoms. The lowest BCUT2D eigenvalue weighted by molar-refractivity contribution is -0.122. The lowest BCUT2D eigenvalue weighted by Gasteiger charge is -2.11. The van der Waals surface area contributed by atoms with Crippen LogP contribution < -0.4 is 10.6 Å². The summed E-state index contributed by atoms with van der Waals surface area (Å²) >= 11 is 1.78. The first-order valence-electron chi connectivity index (χ1n) is 4.79. The van der Waals surface area contributed by atoms with Gasteiger partial charge in [0.15, 0.2) is 0 Å². The first kappa shape index (κ1) is 10.9. The second-order valence-corrected chi connectivity index (χ2v) is 4.78. The van der Waals surface area contributed by atoms with E-state index in [0.29, 0.717) is 5.92 Å². The maximum atomic E-state index is 11.4. The van der Waals surface area contributed by atoms with Gasteiger partial charge in [0.1, 0.15) is 0 Å². The van der Waals surface area contributed by atoms with Crippen LogP contribution in [0.5, 0.6) is 0 Å². The molecule has 2 N–H and O–H groups in total. The van der Waals surface area contributed by atoms with Crippen LogP contribution >= 0.6 is 11.8 Å². The summed E-state index contributed by atoms with van der Waals surface area (Å²) in [5, 5.41) is 6.09. The second-order valence-electron chi connectivity index (χ2n) is 3.75. The first-order chi connectivity index (χ1) is 6.20. The highest BCUT2D eigenvalue weighted by Gasteiger charge is 2.21. The Labute approximate surface area is 84.0 Å². The third-order valence-electron chi connectivity index (χ3n) is 2.05. The number of amides is 1. The highest BCUT2D eigenvalue weighted by Crippen LogP contribution is 2.09. The van der Waals surface area contributed by atoms with Gasteiger partial charge < -0.3 is 5.32 Å². The van der Waals surface area contributed by atoms with E-state index in [2.05, 4.69) is 24.5 Å². The van der Waals surface area contributed by atoms with Gasteiger partial charge in [-0.2, -0.15) is 0 Å². The predicted octanol–water partition coefficient (Wildman–Crippen LogP) is 0.811. The maximum Gasteiger partial charge on any atom is 0.238 e. The molecule has 0 bridgehead atoms. The van der Waals surface area contributed by atoms with Gasteiger partial charge in [-0.25, -0.2) is 0 Å². The molecule has 1 atom stereocenters. The lowest BCUT2D eigenvalue weighted by Crippen LogP contribution is -2.42. The molecule has 13 heavy (non-hydrogen) atoms. The Morgan fingerprint density at radius 2 is 2.46 bits per heavy atom. The lowest BCUT2D eigenvalue weighted by atomic mass is 10.1.